The summed E-state index contributed by atoms with van der Waals surface area (Å²) in [6, 6.07) is 12.7. The fourth-order valence-electron chi connectivity index (χ4n) is 2.68. The second kappa shape index (κ2) is 6.67. The van der Waals surface area contributed by atoms with Gasteiger partial charge in [-0.2, -0.15) is 5.10 Å². The van der Waals surface area contributed by atoms with E-state index in [1.54, 1.807) is 38.3 Å². The van der Waals surface area contributed by atoms with Crippen LogP contribution in [0, 0.1) is 17.0 Å². The van der Waals surface area contributed by atoms with Crippen LogP contribution >= 0.6 is 0 Å². The Morgan fingerprint density at radius 1 is 1.15 bits per heavy atom. The number of nitro groups is 1. The maximum atomic E-state index is 11.8. The van der Waals surface area contributed by atoms with Gasteiger partial charge in [-0.3, -0.25) is 10.1 Å². The van der Waals surface area contributed by atoms with Gasteiger partial charge in [0.1, 0.15) is 17.0 Å². The molecule has 132 valence electrons. The summed E-state index contributed by atoms with van der Waals surface area (Å²) in [5.74, 6) is -0.441. The minimum atomic E-state index is -1.12. The van der Waals surface area contributed by atoms with E-state index in [0.717, 1.165) is 0 Å². The number of hydrogen-bond acceptors (Lipinski definition) is 5. The van der Waals surface area contributed by atoms with Crippen LogP contribution in [-0.4, -0.2) is 32.9 Å². The minimum absolute atomic E-state index is 0.0506. The van der Waals surface area contributed by atoms with Crippen molar-refractivity contribution in [1.82, 2.24) is 9.78 Å². The Labute approximate surface area is 148 Å². The predicted molar refractivity (Wildman–Crippen MR) is 93.9 cm³/mol. The molecular formula is C18H15N3O5. The Morgan fingerprint density at radius 2 is 1.77 bits per heavy atom. The van der Waals surface area contributed by atoms with Gasteiger partial charge in [-0.05, 0) is 43.3 Å². The molecule has 0 amide bonds. The highest BCUT2D eigenvalue weighted by atomic mass is 16.6. The summed E-state index contributed by atoms with van der Waals surface area (Å²) >= 11 is 0. The molecule has 0 atom stereocenters. The van der Waals surface area contributed by atoms with Crippen molar-refractivity contribution >= 4 is 11.7 Å². The Balaban J connectivity index is 2.13. The number of carbonyl (C=O) groups is 1. The van der Waals surface area contributed by atoms with E-state index < -0.39 is 10.9 Å². The normalized spacial score (nSPS) is 10.5. The summed E-state index contributed by atoms with van der Waals surface area (Å²) in [6.45, 7) is 1.66. The smallest absolute Gasteiger partial charge is 0.339 e. The number of non-ortho nitro benzene ring substituents is 1. The molecule has 2 aromatic carbocycles. The second-order valence-electron chi connectivity index (χ2n) is 5.53. The molecule has 0 spiro atoms. The van der Waals surface area contributed by atoms with Crippen molar-refractivity contribution in [2.45, 2.75) is 6.92 Å². The highest BCUT2D eigenvalue weighted by Gasteiger charge is 2.23. The maximum Gasteiger partial charge on any atom is 0.339 e. The first-order valence-electron chi connectivity index (χ1n) is 7.64. The molecule has 0 aliphatic rings. The van der Waals surface area contributed by atoms with Crippen LogP contribution in [0.3, 0.4) is 0 Å². The molecule has 8 heteroatoms. The quantitative estimate of drug-likeness (QED) is 0.556. The summed E-state index contributed by atoms with van der Waals surface area (Å²) < 4.78 is 6.65. The first-order valence-corrected chi connectivity index (χ1v) is 7.64. The molecule has 0 saturated heterocycles. The van der Waals surface area contributed by atoms with Gasteiger partial charge in [0, 0.05) is 17.7 Å². The van der Waals surface area contributed by atoms with Crippen molar-refractivity contribution in [1.29, 1.82) is 0 Å². The van der Waals surface area contributed by atoms with Crippen molar-refractivity contribution in [3.63, 3.8) is 0 Å². The fraction of sp³-hybridized carbons (Fsp3) is 0.111. The van der Waals surface area contributed by atoms with E-state index in [4.69, 9.17) is 4.74 Å². The summed E-state index contributed by atoms with van der Waals surface area (Å²) in [5, 5.41) is 24.8. The largest absolute Gasteiger partial charge is 0.497 e. The number of benzene rings is 2. The van der Waals surface area contributed by atoms with Crippen LogP contribution in [0.15, 0.2) is 48.5 Å². The van der Waals surface area contributed by atoms with Crippen molar-refractivity contribution in [3.8, 4) is 22.7 Å². The van der Waals surface area contributed by atoms with Gasteiger partial charge in [-0.1, -0.05) is 0 Å². The van der Waals surface area contributed by atoms with Gasteiger partial charge in [0.2, 0.25) is 0 Å². The second-order valence-corrected chi connectivity index (χ2v) is 5.53. The first kappa shape index (κ1) is 17.2. The Hall–Kier alpha value is -3.68. The molecular weight excluding hydrogens is 338 g/mol. The average Bonchev–Trinajstić information content (AvgIpc) is 2.99. The van der Waals surface area contributed by atoms with Crippen LogP contribution < -0.4 is 4.74 Å². The number of nitro benzene ring substituents is 1. The topological polar surface area (TPSA) is 107 Å². The molecule has 1 aromatic heterocycles. The Bertz CT molecular complexity index is 975. The third-order valence-corrected chi connectivity index (χ3v) is 4.00. The number of ether oxygens (including phenoxy) is 1. The molecule has 0 aliphatic carbocycles. The van der Waals surface area contributed by atoms with Crippen LogP contribution in [0.4, 0.5) is 5.69 Å². The minimum Gasteiger partial charge on any atom is -0.497 e. The zero-order chi connectivity index (χ0) is 18.8. The molecule has 0 unspecified atom stereocenters. The lowest BCUT2D eigenvalue weighted by Gasteiger charge is -2.05. The Morgan fingerprint density at radius 3 is 2.27 bits per heavy atom. The van der Waals surface area contributed by atoms with E-state index in [1.165, 1.54) is 28.9 Å². The zero-order valence-electron chi connectivity index (χ0n) is 14.0. The molecule has 26 heavy (non-hydrogen) atoms. The number of aromatic nitrogens is 2. The number of nitrogens with zero attached hydrogens (tertiary/aromatic N) is 3. The third kappa shape index (κ3) is 3.00. The van der Waals surface area contributed by atoms with E-state index in [9.17, 15) is 20.0 Å². The molecule has 0 aliphatic heterocycles. The van der Waals surface area contributed by atoms with Crippen molar-refractivity contribution in [3.05, 3.63) is 69.9 Å². The standard InChI is InChI=1S/C18H15N3O5/c1-11-16(18(22)23)17(12-3-5-14(6-4-12)21(24)25)19-20(11)13-7-9-15(26-2)10-8-13/h3-10H,1-2H3,(H,22,23). The molecule has 0 radical (unpaired) electrons. The number of aromatic carboxylic acids is 1. The summed E-state index contributed by atoms with van der Waals surface area (Å²) in [5.41, 5.74) is 1.85. The Kier molecular flexibility index (Phi) is 4.40. The number of carboxylic acid groups (broad SMARTS) is 1. The van der Waals surface area contributed by atoms with Gasteiger partial charge in [-0.25, -0.2) is 9.48 Å². The zero-order valence-corrected chi connectivity index (χ0v) is 14.0. The van der Waals surface area contributed by atoms with Gasteiger partial charge in [0.25, 0.3) is 5.69 Å². The lowest BCUT2D eigenvalue weighted by atomic mass is 10.1. The van der Waals surface area contributed by atoms with Crippen LogP contribution in [-0.2, 0) is 0 Å². The number of rotatable bonds is 5. The molecule has 1 N–H and O–H groups in total. The van der Waals surface area contributed by atoms with Gasteiger partial charge < -0.3 is 9.84 Å². The van der Waals surface area contributed by atoms with E-state index in [1.807, 2.05) is 0 Å². The van der Waals surface area contributed by atoms with E-state index in [2.05, 4.69) is 5.10 Å². The van der Waals surface area contributed by atoms with Gasteiger partial charge >= 0.3 is 5.97 Å². The highest BCUT2D eigenvalue weighted by Crippen LogP contribution is 2.29. The van der Waals surface area contributed by atoms with Crippen molar-refractivity contribution < 1.29 is 19.6 Å². The lowest BCUT2D eigenvalue weighted by Crippen LogP contribution is -2.02. The summed E-state index contributed by atoms with van der Waals surface area (Å²) in [4.78, 5) is 22.0. The highest BCUT2D eigenvalue weighted by molar-refractivity contribution is 5.96. The number of carboxylic acids is 1. The SMILES string of the molecule is COc1ccc(-n2nc(-c3ccc([N+](=O)[O-])cc3)c(C(=O)O)c2C)cc1. The molecule has 0 fully saturated rings. The fourth-order valence-corrected chi connectivity index (χ4v) is 2.68. The third-order valence-electron chi connectivity index (χ3n) is 4.00. The molecule has 3 rings (SSSR count). The van der Waals surface area contributed by atoms with E-state index in [-0.39, 0.29) is 16.9 Å². The average molecular weight is 353 g/mol. The molecule has 8 nitrogen and oxygen atoms in total. The van der Waals surface area contributed by atoms with Crippen molar-refractivity contribution in [2.24, 2.45) is 0 Å². The molecule has 0 saturated carbocycles. The van der Waals surface area contributed by atoms with E-state index in [0.29, 0.717) is 22.7 Å². The molecule has 1 heterocycles. The summed E-state index contributed by atoms with van der Waals surface area (Å²) in [7, 11) is 1.56. The first-order chi connectivity index (χ1) is 12.4. The number of hydrogen-bond donors (Lipinski definition) is 1. The molecule has 3 aromatic rings. The monoisotopic (exact) mass is 353 g/mol. The van der Waals surface area contributed by atoms with Crippen LogP contribution in [0.25, 0.3) is 16.9 Å². The van der Waals surface area contributed by atoms with Crippen LogP contribution in [0.2, 0.25) is 0 Å². The summed E-state index contributed by atoms with van der Waals surface area (Å²) in [6.07, 6.45) is 0. The van der Waals surface area contributed by atoms with Gasteiger partial charge in [0.05, 0.1) is 23.4 Å². The lowest BCUT2D eigenvalue weighted by molar-refractivity contribution is -0.384. The van der Waals surface area contributed by atoms with Crippen LogP contribution in [0.5, 0.6) is 5.75 Å². The van der Waals surface area contributed by atoms with E-state index >= 15 is 0 Å². The van der Waals surface area contributed by atoms with Crippen LogP contribution in [0.1, 0.15) is 16.1 Å². The van der Waals surface area contributed by atoms with Crippen molar-refractivity contribution in [2.75, 3.05) is 7.11 Å². The molecule has 0 bridgehead atoms. The van der Waals surface area contributed by atoms with Gasteiger partial charge in [0.15, 0.2) is 0 Å². The maximum absolute atomic E-state index is 11.8. The van der Waals surface area contributed by atoms with Gasteiger partial charge in [-0.15, -0.1) is 0 Å². The number of methoxy groups -OCH3 is 1. The predicted octanol–water partition coefficient (Wildman–Crippen LogP) is 3.46.